The summed E-state index contributed by atoms with van der Waals surface area (Å²) in [5.74, 6) is -0.449. The summed E-state index contributed by atoms with van der Waals surface area (Å²) in [5, 5.41) is 0.186. The fourth-order valence-corrected chi connectivity index (χ4v) is 2.88. The molecule has 0 spiro atoms. The number of cyclic esters (lactones) is 1. The summed E-state index contributed by atoms with van der Waals surface area (Å²) < 4.78 is 24.8. The molecule has 0 aromatic heterocycles. The molecule has 1 aliphatic heterocycles. The van der Waals surface area contributed by atoms with Crippen LogP contribution in [0.4, 0.5) is 4.39 Å². The van der Waals surface area contributed by atoms with Gasteiger partial charge in [-0.15, -0.1) is 0 Å². The van der Waals surface area contributed by atoms with Crippen molar-refractivity contribution in [1.29, 1.82) is 0 Å². The highest BCUT2D eigenvalue weighted by Gasteiger charge is 2.25. The van der Waals surface area contributed by atoms with Crippen LogP contribution in [-0.4, -0.2) is 19.0 Å². The maximum Gasteiger partial charge on any atom is 0.363 e. The van der Waals surface area contributed by atoms with E-state index in [4.69, 9.17) is 21.1 Å². The Morgan fingerprint density at radius 3 is 2.79 bits per heavy atom. The predicted octanol–water partition coefficient (Wildman–Crippen LogP) is 4.59. The molecule has 1 heterocycles. The average Bonchev–Trinajstić information content (AvgIpc) is 2.92. The molecule has 0 N–H and O–H groups in total. The Morgan fingerprint density at radius 2 is 2.12 bits per heavy atom. The summed E-state index contributed by atoms with van der Waals surface area (Å²) in [7, 11) is 1.55. The number of carbonyl (C=O) groups excluding carboxylic acids is 1. The fourth-order valence-electron chi connectivity index (χ4n) is 2.12. The molecule has 2 aromatic rings. The number of esters is 1. The second-order valence-corrected chi connectivity index (χ2v) is 6.08. The molecule has 0 saturated heterocycles. The van der Waals surface area contributed by atoms with Crippen LogP contribution in [0.2, 0.25) is 5.02 Å². The van der Waals surface area contributed by atoms with Gasteiger partial charge in [0.15, 0.2) is 5.70 Å². The number of hydrogen-bond acceptors (Lipinski definition) is 4. The van der Waals surface area contributed by atoms with Crippen molar-refractivity contribution in [3.05, 3.63) is 68.5 Å². The van der Waals surface area contributed by atoms with Crippen molar-refractivity contribution in [3.63, 3.8) is 0 Å². The lowest BCUT2D eigenvalue weighted by molar-refractivity contribution is -0.129. The first-order valence-electron chi connectivity index (χ1n) is 6.80. The van der Waals surface area contributed by atoms with Gasteiger partial charge in [-0.25, -0.2) is 14.2 Å². The van der Waals surface area contributed by atoms with Crippen molar-refractivity contribution in [1.82, 2.24) is 0 Å². The minimum Gasteiger partial charge on any atom is -0.496 e. The molecule has 0 unspecified atom stereocenters. The second kappa shape index (κ2) is 6.75. The number of nitrogens with zero attached hydrogens (tertiary/aromatic N) is 1. The molecule has 0 saturated carbocycles. The molecule has 3 rings (SSSR count). The van der Waals surface area contributed by atoms with Gasteiger partial charge < -0.3 is 9.47 Å². The van der Waals surface area contributed by atoms with E-state index >= 15 is 0 Å². The van der Waals surface area contributed by atoms with E-state index in [1.165, 1.54) is 24.3 Å². The first-order valence-corrected chi connectivity index (χ1v) is 7.97. The molecule has 0 atom stereocenters. The van der Waals surface area contributed by atoms with Crippen molar-refractivity contribution < 1.29 is 18.7 Å². The Bertz CT molecular complexity index is 875. The van der Waals surface area contributed by atoms with Crippen molar-refractivity contribution in [2.24, 2.45) is 4.99 Å². The number of ether oxygens (including phenoxy) is 2. The van der Waals surface area contributed by atoms with Gasteiger partial charge in [0, 0.05) is 11.1 Å². The molecule has 4 nitrogen and oxygen atoms in total. The van der Waals surface area contributed by atoms with Gasteiger partial charge in [-0.1, -0.05) is 17.7 Å². The average molecular weight is 411 g/mol. The van der Waals surface area contributed by atoms with Crippen molar-refractivity contribution in [3.8, 4) is 5.75 Å². The minimum atomic E-state index is -0.670. The number of carbonyl (C=O) groups is 1. The number of benzene rings is 2. The summed E-state index contributed by atoms with van der Waals surface area (Å²) in [4.78, 5) is 16.1. The summed E-state index contributed by atoms with van der Waals surface area (Å²) in [6.07, 6.45) is 1.27. The van der Waals surface area contributed by atoms with E-state index in [2.05, 4.69) is 20.9 Å². The highest BCUT2D eigenvalue weighted by Crippen LogP contribution is 2.29. The van der Waals surface area contributed by atoms with Gasteiger partial charge in [0.1, 0.15) is 11.6 Å². The smallest absolute Gasteiger partial charge is 0.363 e. The second-order valence-electron chi connectivity index (χ2n) is 4.82. The third kappa shape index (κ3) is 3.20. The third-order valence-electron chi connectivity index (χ3n) is 3.30. The lowest BCUT2D eigenvalue weighted by Crippen LogP contribution is -2.05. The molecule has 0 aliphatic carbocycles. The minimum absolute atomic E-state index is 0.0241. The summed E-state index contributed by atoms with van der Waals surface area (Å²) in [6, 6.07) is 9.40. The summed E-state index contributed by atoms with van der Waals surface area (Å²) in [5.41, 5.74) is 0.648. The van der Waals surface area contributed by atoms with Gasteiger partial charge in [-0.05, 0) is 52.3 Å². The molecule has 0 amide bonds. The van der Waals surface area contributed by atoms with Crippen LogP contribution in [0.3, 0.4) is 0 Å². The molecule has 0 radical (unpaired) electrons. The maximum atomic E-state index is 13.8. The molecule has 0 bridgehead atoms. The largest absolute Gasteiger partial charge is 0.496 e. The number of hydrogen-bond donors (Lipinski definition) is 0. The number of halogens is 3. The Balaban J connectivity index is 1.99. The first kappa shape index (κ1) is 16.7. The lowest BCUT2D eigenvalue weighted by atomic mass is 10.2. The van der Waals surface area contributed by atoms with E-state index in [1.54, 1.807) is 25.3 Å². The van der Waals surface area contributed by atoms with Crippen LogP contribution in [0.15, 0.2) is 51.6 Å². The Kier molecular flexibility index (Phi) is 4.69. The molecule has 122 valence electrons. The van der Waals surface area contributed by atoms with E-state index in [0.717, 1.165) is 0 Å². The predicted molar refractivity (Wildman–Crippen MR) is 92.7 cm³/mol. The van der Waals surface area contributed by atoms with E-state index in [1.807, 2.05) is 0 Å². The van der Waals surface area contributed by atoms with E-state index in [0.29, 0.717) is 15.8 Å². The zero-order chi connectivity index (χ0) is 17.3. The van der Waals surface area contributed by atoms with Crippen LogP contribution in [0.5, 0.6) is 5.75 Å². The number of rotatable bonds is 3. The highest BCUT2D eigenvalue weighted by atomic mass is 79.9. The highest BCUT2D eigenvalue weighted by molar-refractivity contribution is 9.10. The monoisotopic (exact) mass is 409 g/mol. The summed E-state index contributed by atoms with van der Waals surface area (Å²) in [6.45, 7) is 0. The topological polar surface area (TPSA) is 47.9 Å². The van der Waals surface area contributed by atoms with Gasteiger partial charge in [0.2, 0.25) is 5.90 Å². The lowest BCUT2D eigenvalue weighted by Gasteiger charge is -2.05. The van der Waals surface area contributed by atoms with Crippen molar-refractivity contribution in [2.45, 2.75) is 0 Å². The molecule has 2 aromatic carbocycles. The molecule has 24 heavy (non-hydrogen) atoms. The van der Waals surface area contributed by atoms with Gasteiger partial charge in [0.25, 0.3) is 0 Å². The third-order valence-corrected chi connectivity index (χ3v) is 4.25. The SMILES string of the molecule is COc1ccc(C2=N/C(=C\c3c(F)cccc3Cl)C(=O)O2)cc1Br. The van der Waals surface area contributed by atoms with Crippen LogP contribution in [0.25, 0.3) is 6.08 Å². The van der Waals surface area contributed by atoms with Crippen LogP contribution in [0.1, 0.15) is 11.1 Å². The van der Waals surface area contributed by atoms with Crippen molar-refractivity contribution >= 4 is 45.5 Å². The summed E-state index contributed by atoms with van der Waals surface area (Å²) >= 11 is 9.31. The molecular weight excluding hydrogens is 401 g/mol. The zero-order valence-electron chi connectivity index (χ0n) is 12.3. The molecule has 7 heteroatoms. The Hall–Kier alpha value is -2.18. The number of aliphatic imine (C=N–C) groups is 1. The van der Waals surface area contributed by atoms with Gasteiger partial charge in [0.05, 0.1) is 16.6 Å². The van der Waals surface area contributed by atoms with E-state index < -0.39 is 11.8 Å². The quantitative estimate of drug-likeness (QED) is 0.549. The van der Waals surface area contributed by atoms with Crippen LogP contribution in [0, 0.1) is 5.82 Å². The maximum absolute atomic E-state index is 13.8. The standard InChI is InChI=1S/C17H10BrClFNO3/c1-23-15-6-5-9(7-11(15)18)16-21-14(17(22)24-16)8-10-12(19)3-2-4-13(10)20/h2-8H,1H3/b14-8-. The van der Waals surface area contributed by atoms with Gasteiger partial charge in [-0.3, -0.25) is 0 Å². The normalized spacial score (nSPS) is 15.4. The Labute approximate surface area is 150 Å². The van der Waals surface area contributed by atoms with Crippen LogP contribution >= 0.6 is 27.5 Å². The van der Waals surface area contributed by atoms with E-state index in [9.17, 15) is 9.18 Å². The molecule has 0 fully saturated rings. The van der Waals surface area contributed by atoms with Gasteiger partial charge in [-0.2, -0.15) is 0 Å². The Morgan fingerprint density at radius 1 is 1.33 bits per heavy atom. The molecular formula is C17H10BrClFNO3. The van der Waals surface area contributed by atoms with E-state index in [-0.39, 0.29) is 22.2 Å². The van der Waals surface area contributed by atoms with Gasteiger partial charge >= 0.3 is 5.97 Å². The zero-order valence-corrected chi connectivity index (χ0v) is 14.7. The molecule has 1 aliphatic rings. The number of methoxy groups -OCH3 is 1. The van der Waals surface area contributed by atoms with Crippen LogP contribution < -0.4 is 4.74 Å². The van der Waals surface area contributed by atoms with Crippen LogP contribution in [-0.2, 0) is 9.53 Å². The fraction of sp³-hybridized carbons (Fsp3) is 0.0588. The first-order chi connectivity index (χ1) is 11.5. The van der Waals surface area contributed by atoms with Crippen molar-refractivity contribution in [2.75, 3.05) is 7.11 Å².